The summed E-state index contributed by atoms with van der Waals surface area (Å²) in [6.45, 7) is 0.250. The lowest BCUT2D eigenvalue weighted by atomic mass is 9.74. The van der Waals surface area contributed by atoms with Crippen LogP contribution in [0.5, 0.6) is 5.75 Å². The van der Waals surface area contributed by atoms with Crippen LogP contribution in [0.1, 0.15) is 41.2 Å². The number of thiazole rings is 1. The molecule has 7 rings (SSSR count). The summed E-state index contributed by atoms with van der Waals surface area (Å²) in [5.41, 5.74) is 2.52. The number of rotatable bonds is 6. The summed E-state index contributed by atoms with van der Waals surface area (Å²) in [5, 5.41) is 13.9. The molecule has 5 atom stereocenters. The Hall–Kier alpha value is -3.07. The van der Waals surface area contributed by atoms with Crippen molar-refractivity contribution < 1.29 is 9.66 Å². The highest BCUT2D eigenvalue weighted by atomic mass is 35.5. The Morgan fingerprint density at radius 2 is 1.79 bits per heavy atom. The van der Waals surface area contributed by atoms with E-state index in [1.807, 2.05) is 70.9 Å². The van der Waals surface area contributed by atoms with Crippen LogP contribution in [-0.4, -0.2) is 14.7 Å². The number of para-hydroxylation sites is 1. The fourth-order valence-electron chi connectivity index (χ4n) is 6.85. The van der Waals surface area contributed by atoms with Crippen LogP contribution in [0.4, 0.5) is 5.69 Å². The van der Waals surface area contributed by atoms with Gasteiger partial charge in [-0.3, -0.25) is 19.5 Å². The summed E-state index contributed by atoms with van der Waals surface area (Å²) in [6.07, 6.45) is 3.54. The predicted molar refractivity (Wildman–Crippen MR) is 155 cm³/mol. The zero-order valence-corrected chi connectivity index (χ0v) is 23.3. The van der Waals surface area contributed by atoms with Gasteiger partial charge in [0, 0.05) is 44.3 Å². The standard InChI is InChI=1S/C30H25ClN2O4S2/c31-23-9-5-4-6-19(23)16-37-24-13-12-21(33(35)36)15-22(24)26-25-17-10-11-18(14-17)27(25)38-29-28(26)39-30(34)32(29)20-7-2-1-3-8-20/h1-9,12-13,15,17-18,25-27H,10-11,14,16H2/t17-,18-,25-,26+,27+/m0/s1. The van der Waals surface area contributed by atoms with Crippen molar-refractivity contribution >= 4 is 40.4 Å². The number of ether oxygens (including phenoxy) is 1. The van der Waals surface area contributed by atoms with Gasteiger partial charge in [-0.15, -0.1) is 11.8 Å². The van der Waals surface area contributed by atoms with E-state index in [-0.39, 0.29) is 28.0 Å². The van der Waals surface area contributed by atoms with Crippen molar-refractivity contribution in [2.75, 3.05) is 0 Å². The van der Waals surface area contributed by atoms with Gasteiger partial charge in [-0.1, -0.05) is 59.3 Å². The first-order valence-corrected chi connectivity index (χ1v) is 15.2. The number of hydrogen-bond donors (Lipinski definition) is 0. The van der Waals surface area contributed by atoms with Gasteiger partial charge in [0.15, 0.2) is 0 Å². The highest BCUT2D eigenvalue weighted by Gasteiger charge is 2.56. The second kappa shape index (κ2) is 9.84. The number of nitro benzene ring substituents is 1. The lowest BCUT2D eigenvalue weighted by Gasteiger charge is -2.40. The Bertz CT molecular complexity index is 1640. The molecule has 6 nitrogen and oxygen atoms in total. The van der Waals surface area contributed by atoms with Crippen LogP contribution in [0.3, 0.4) is 0 Å². The van der Waals surface area contributed by atoms with E-state index in [1.165, 1.54) is 30.2 Å². The summed E-state index contributed by atoms with van der Waals surface area (Å²) in [6, 6.07) is 22.2. The number of nitrogens with zero attached hydrogens (tertiary/aromatic N) is 2. The fraction of sp³-hybridized carbons (Fsp3) is 0.300. The lowest BCUT2D eigenvalue weighted by molar-refractivity contribution is -0.385. The zero-order chi connectivity index (χ0) is 26.7. The maximum atomic E-state index is 13.5. The smallest absolute Gasteiger partial charge is 0.312 e. The number of halogens is 1. The highest BCUT2D eigenvalue weighted by molar-refractivity contribution is 8.00. The molecular formula is C30H25ClN2O4S2. The van der Waals surface area contributed by atoms with E-state index in [2.05, 4.69) is 0 Å². The third-order valence-electron chi connectivity index (χ3n) is 8.51. The largest absolute Gasteiger partial charge is 0.489 e. The molecule has 2 aliphatic carbocycles. The summed E-state index contributed by atoms with van der Waals surface area (Å²) < 4.78 is 8.20. The molecule has 0 saturated heterocycles. The molecule has 9 heteroatoms. The molecule has 2 saturated carbocycles. The molecule has 1 aromatic heterocycles. The van der Waals surface area contributed by atoms with E-state index < -0.39 is 0 Å². The minimum Gasteiger partial charge on any atom is -0.489 e. The molecule has 2 heterocycles. The molecule has 3 aromatic carbocycles. The number of thioether (sulfide) groups is 1. The fourth-order valence-corrected chi connectivity index (χ4v) is 10.2. The average molecular weight is 577 g/mol. The summed E-state index contributed by atoms with van der Waals surface area (Å²) in [7, 11) is 0. The maximum Gasteiger partial charge on any atom is 0.312 e. The third-order valence-corrected chi connectivity index (χ3v) is 11.6. The van der Waals surface area contributed by atoms with Crippen molar-refractivity contribution in [2.24, 2.45) is 17.8 Å². The second-order valence-electron chi connectivity index (χ2n) is 10.5. The quantitative estimate of drug-likeness (QED) is 0.174. The van der Waals surface area contributed by atoms with Crippen LogP contribution >= 0.6 is 34.7 Å². The third kappa shape index (κ3) is 4.20. The maximum absolute atomic E-state index is 13.5. The molecule has 0 amide bonds. The number of non-ortho nitro benzene ring substituents is 1. The van der Waals surface area contributed by atoms with Crippen LogP contribution in [0.25, 0.3) is 5.69 Å². The molecule has 2 fully saturated rings. The molecule has 4 aromatic rings. The average Bonchev–Trinajstić information content (AvgIpc) is 3.65. The lowest BCUT2D eigenvalue weighted by Crippen LogP contribution is -2.34. The molecule has 1 aliphatic heterocycles. The summed E-state index contributed by atoms with van der Waals surface area (Å²) in [4.78, 5) is 26.0. The Morgan fingerprint density at radius 3 is 2.59 bits per heavy atom. The highest BCUT2D eigenvalue weighted by Crippen LogP contribution is 2.65. The number of hydrogen-bond acceptors (Lipinski definition) is 6. The first-order chi connectivity index (χ1) is 19.0. The summed E-state index contributed by atoms with van der Waals surface area (Å²) >= 11 is 9.51. The van der Waals surface area contributed by atoms with Gasteiger partial charge in [0.2, 0.25) is 0 Å². The number of benzene rings is 3. The minimum atomic E-state index is -0.351. The number of nitro groups is 1. The number of fused-ring (bicyclic) bond motifs is 6. The Kier molecular flexibility index (Phi) is 6.29. The van der Waals surface area contributed by atoms with Gasteiger partial charge in [-0.2, -0.15) is 0 Å². The number of aromatic nitrogens is 1. The van der Waals surface area contributed by atoms with E-state index >= 15 is 0 Å². The Balaban J connectivity index is 1.39. The molecule has 0 spiro atoms. The second-order valence-corrected chi connectivity index (χ2v) is 13.1. The molecular weight excluding hydrogens is 552 g/mol. The minimum absolute atomic E-state index is 0.0278. The van der Waals surface area contributed by atoms with Gasteiger partial charge in [0.05, 0.1) is 15.6 Å². The molecule has 0 N–H and O–H groups in total. The molecule has 2 bridgehead atoms. The SMILES string of the molecule is O=c1sc2c(n1-c1ccccc1)S[C@@H]1[C@H]3CC[C@@H](C3)[C@H]1[C@H]2c1cc([N+](=O)[O-])ccc1OCc1ccccc1Cl. The van der Waals surface area contributed by atoms with Gasteiger partial charge in [-0.05, 0) is 61.3 Å². The van der Waals surface area contributed by atoms with Crippen molar-refractivity contribution in [1.82, 2.24) is 4.57 Å². The topological polar surface area (TPSA) is 74.4 Å². The van der Waals surface area contributed by atoms with Crippen molar-refractivity contribution in [2.45, 2.75) is 42.1 Å². The van der Waals surface area contributed by atoms with Crippen molar-refractivity contribution in [3.05, 3.63) is 114 Å². The van der Waals surface area contributed by atoms with E-state index in [9.17, 15) is 14.9 Å². The first kappa shape index (κ1) is 24.9. The van der Waals surface area contributed by atoms with Crippen LogP contribution in [0.15, 0.2) is 82.6 Å². The molecule has 0 radical (unpaired) electrons. The van der Waals surface area contributed by atoms with Crippen molar-refractivity contribution in [3.8, 4) is 11.4 Å². The summed E-state index contributed by atoms with van der Waals surface area (Å²) in [5.74, 6) is 1.88. The van der Waals surface area contributed by atoms with E-state index in [0.29, 0.717) is 33.8 Å². The van der Waals surface area contributed by atoms with E-state index in [4.69, 9.17) is 16.3 Å². The van der Waals surface area contributed by atoms with Crippen LogP contribution in [-0.2, 0) is 6.61 Å². The normalized spacial score (nSPS) is 24.8. The Morgan fingerprint density at radius 1 is 1.03 bits per heavy atom. The van der Waals surface area contributed by atoms with E-state index in [1.54, 1.807) is 12.1 Å². The van der Waals surface area contributed by atoms with E-state index in [0.717, 1.165) is 33.1 Å². The molecule has 3 aliphatic rings. The van der Waals surface area contributed by atoms with Gasteiger partial charge < -0.3 is 4.74 Å². The van der Waals surface area contributed by atoms with Crippen LogP contribution < -0.4 is 9.61 Å². The zero-order valence-electron chi connectivity index (χ0n) is 20.9. The van der Waals surface area contributed by atoms with Crippen LogP contribution in [0, 0.1) is 27.9 Å². The molecule has 0 unspecified atom stereocenters. The van der Waals surface area contributed by atoms with Crippen molar-refractivity contribution in [1.29, 1.82) is 0 Å². The molecule has 198 valence electrons. The molecule has 39 heavy (non-hydrogen) atoms. The monoisotopic (exact) mass is 576 g/mol. The Labute approximate surface area is 238 Å². The van der Waals surface area contributed by atoms with Crippen molar-refractivity contribution in [3.63, 3.8) is 0 Å². The van der Waals surface area contributed by atoms with Gasteiger partial charge >= 0.3 is 4.87 Å². The van der Waals surface area contributed by atoms with Gasteiger partial charge in [0.25, 0.3) is 5.69 Å². The predicted octanol–water partition coefficient (Wildman–Crippen LogP) is 7.69. The first-order valence-electron chi connectivity index (χ1n) is 13.1. The van der Waals surface area contributed by atoms with Gasteiger partial charge in [-0.25, -0.2) is 0 Å². The van der Waals surface area contributed by atoms with Gasteiger partial charge in [0.1, 0.15) is 12.4 Å². The van der Waals surface area contributed by atoms with Crippen LogP contribution in [0.2, 0.25) is 5.02 Å².